The molecule has 0 atom stereocenters. The summed E-state index contributed by atoms with van der Waals surface area (Å²) in [4.78, 5) is 10.9. The topological polar surface area (TPSA) is 50.4 Å². The van der Waals surface area contributed by atoms with Crippen LogP contribution in [0, 0.1) is 0 Å². The van der Waals surface area contributed by atoms with E-state index in [9.17, 15) is 4.79 Å². The molecule has 13 heavy (non-hydrogen) atoms. The summed E-state index contributed by atoms with van der Waals surface area (Å²) in [5.74, 6) is 0.611. The van der Waals surface area contributed by atoms with Crippen LogP contribution in [0.1, 0.15) is 0 Å². The molecule has 0 aliphatic heterocycles. The lowest BCUT2D eigenvalue weighted by molar-refractivity contribution is 0.257. The van der Waals surface area contributed by atoms with E-state index in [1.54, 1.807) is 25.3 Å². The van der Waals surface area contributed by atoms with Gasteiger partial charge in [0.2, 0.25) is 0 Å². The lowest BCUT2D eigenvalue weighted by atomic mass is 10.3. The van der Waals surface area contributed by atoms with Crippen LogP contribution in [0.15, 0.2) is 24.3 Å². The Morgan fingerprint density at radius 2 is 2.15 bits per heavy atom. The van der Waals surface area contributed by atoms with Crippen LogP contribution in [0.4, 0.5) is 10.5 Å². The first-order valence-corrected chi connectivity index (χ1v) is 4.06. The van der Waals surface area contributed by atoms with Gasteiger partial charge >= 0.3 is 6.03 Å². The normalized spacial score (nSPS) is 9.08. The van der Waals surface area contributed by atoms with E-state index < -0.39 is 6.03 Å². The molecule has 0 aliphatic rings. The van der Waals surface area contributed by atoms with E-state index >= 15 is 0 Å². The molecule has 0 bridgehead atoms. The van der Waals surface area contributed by atoms with Crippen molar-refractivity contribution in [3.05, 3.63) is 24.3 Å². The highest BCUT2D eigenvalue weighted by atomic mass is 32.1. The summed E-state index contributed by atoms with van der Waals surface area (Å²) >= 11 is 3.61. The van der Waals surface area contributed by atoms with Crippen LogP contribution in [-0.2, 0) is 0 Å². The van der Waals surface area contributed by atoms with Gasteiger partial charge < -0.3 is 10.1 Å². The minimum absolute atomic E-state index is 0.396. The van der Waals surface area contributed by atoms with Crippen LogP contribution >= 0.6 is 12.8 Å². The Morgan fingerprint density at radius 1 is 1.46 bits per heavy atom. The number of urea groups is 1. The molecule has 1 rings (SSSR count). The van der Waals surface area contributed by atoms with Gasteiger partial charge in [-0.3, -0.25) is 4.72 Å². The highest BCUT2D eigenvalue weighted by molar-refractivity contribution is 7.78. The summed E-state index contributed by atoms with van der Waals surface area (Å²) in [6.07, 6.45) is 0. The smallest absolute Gasteiger partial charge is 0.329 e. The van der Waals surface area contributed by atoms with Crippen LogP contribution in [0.5, 0.6) is 5.75 Å². The molecular weight excluding hydrogens is 188 g/mol. The Balaban J connectivity index is 2.81. The van der Waals surface area contributed by atoms with Gasteiger partial charge in [0.15, 0.2) is 0 Å². The number of anilines is 1. The Morgan fingerprint density at radius 3 is 2.77 bits per heavy atom. The lowest BCUT2D eigenvalue weighted by Crippen LogP contribution is -2.20. The van der Waals surface area contributed by atoms with Crippen molar-refractivity contribution in [2.45, 2.75) is 0 Å². The summed E-state index contributed by atoms with van der Waals surface area (Å²) in [6, 6.07) is 6.72. The predicted octanol–water partition coefficient (Wildman–Crippen LogP) is 1.66. The quantitative estimate of drug-likeness (QED) is 0.633. The maximum Gasteiger partial charge on any atom is 0.329 e. The van der Waals surface area contributed by atoms with Gasteiger partial charge in [-0.05, 0) is 12.1 Å². The van der Waals surface area contributed by atoms with Crippen LogP contribution < -0.4 is 14.8 Å². The predicted molar refractivity (Wildman–Crippen MR) is 54.1 cm³/mol. The summed E-state index contributed by atoms with van der Waals surface area (Å²) < 4.78 is 7.18. The molecule has 0 fully saturated rings. The van der Waals surface area contributed by atoms with E-state index in [-0.39, 0.29) is 0 Å². The standard InChI is InChI=1S/C8H10N2O2S/c1-12-7-5-3-2-4-6(7)9-8(11)10-13/h2-5,13H,1H3,(H2,9,10,11). The number of para-hydroxylation sites is 2. The van der Waals surface area contributed by atoms with E-state index in [0.29, 0.717) is 11.4 Å². The number of ether oxygens (including phenoxy) is 1. The van der Waals surface area contributed by atoms with Crippen molar-refractivity contribution in [2.75, 3.05) is 12.4 Å². The van der Waals surface area contributed by atoms with Crippen molar-refractivity contribution in [1.29, 1.82) is 0 Å². The van der Waals surface area contributed by atoms with Crippen molar-refractivity contribution in [3.63, 3.8) is 0 Å². The first-order valence-electron chi connectivity index (χ1n) is 3.62. The second kappa shape index (κ2) is 4.61. The molecular formula is C8H10N2O2S. The number of thiol groups is 1. The molecule has 0 spiro atoms. The average molecular weight is 198 g/mol. The number of rotatable bonds is 2. The molecule has 0 aliphatic carbocycles. The van der Waals surface area contributed by atoms with E-state index in [0.717, 1.165) is 0 Å². The number of nitrogens with one attached hydrogen (secondary N) is 2. The summed E-state index contributed by atoms with van der Waals surface area (Å²) in [6.45, 7) is 0. The largest absolute Gasteiger partial charge is 0.495 e. The maximum absolute atomic E-state index is 10.9. The molecule has 70 valence electrons. The second-order valence-corrected chi connectivity index (χ2v) is 2.49. The molecule has 5 heteroatoms. The molecule has 0 saturated heterocycles. The number of benzene rings is 1. The van der Waals surface area contributed by atoms with Crippen molar-refractivity contribution in [2.24, 2.45) is 0 Å². The first-order chi connectivity index (χ1) is 6.27. The van der Waals surface area contributed by atoms with Gasteiger partial charge in [0, 0.05) is 0 Å². The van der Waals surface area contributed by atoms with Gasteiger partial charge in [0.1, 0.15) is 5.75 Å². The van der Waals surface area contributed by atoms with E-state index in [2.05, 4.69) is 22.9 Å². The summed E-state index contributed by atoms with van der Waals surface area (Å²) in [5.41, 5.74) is 0.608. The number of hydrogen-bond donors (Lipinski definition) is 3. The molecule has 0 unspecified atom stereocenters. The average Bonchev–Trinajstić information content (AvgIpc) is 2.18. The monoisotopic (exact) mass is 198 g/mol. The third-order valence-corrected chi connectivity index (χ3v) is 1.66. The molecule has 0 heterocycles. The molecule has 4 nitrogen and oxygen atoms in total. The third-order valence-electron chi connectivity index (χ3n) is 1.46. The molecule has 0 aromatic heterocycles. The Labute approximate surface area is 81.8 Å². The summed E-state index contributed by atoms with van der Waals surface area (Å²) in [7, 11) is 1.54. The fourth-order valence-corrected chi connectivity index (χ4v) is 0.954. The number of carbonyl (C=O) groups excluding carboxylic acids is 1. The number of methoxy groups -OCH3 is 1. The third kappa shape index (κ3) is 2.55. The molecule has 2 N–H and O–H groups in total. The Bertz CT molecular complexity index is 304. The van der Waals surface area contributed by atoms with Crippen molar-refractivity contribution in [3.8, 4) is 5.75 Å². The maximum atomic E-state index is 10.9. The van der Waals surface area contributed by atoms with Gasteiger partial charge in [0.05, 0.1) is 12.8 Å². The number of carbonyl (C=O) groups is 1. The Hall–Kier alpha value is -1.36. The molecule has 0 radical (unpaired) electrons. The highest BCUT2D eigenvalue weighted by Gasteiger charge is 2.03. The zero-order chi connectivity index (χ0) is 9.68. The first kappa shape index (κ1) is 9.73. The SMILES string of the molecule is COc1ccccc1NC(=O)NS. The van der Waals surface area contributed by atoms with E-state index in [1.165, 1.54) is 0 Å². The van der Waals surface area contributed by atoms with Gasteiger partial charge in [-0.1, -0.05) is 24.9 Å². The van der Waals surface area contributed by atoms with E-state index in [1.807, 2.05) is 6.07 Å². The number of amides is 2. The minimum atomic E-state index is -0.396. The van der Waals surface area contributed by atoms with Gasteiger partial charge in [-0.15, -0.1) is 0 Å². The van der Waals surface area contributed by atoms with Crippen LogP contribution in [0.25, 0.3) is 0 Å². The van der Waals surface area contributed by atoms with Crippen LogP contribution in [-0.4, -0.2) is 13.1 Å². The fraction of sp³-hybridized carbons (Fsp3) is 0.125. The Kier molecular flexibility index (Phi) is 3.45. The lowest BCUT2D eigenvalue weighted by Gasteiger charge is -2.08. The summed E-state index contributed by atoms with van der Waals surface area (Å²) in [5, 5.41) is 2.56. The molecule has 0 saturated carbocycles. The number of hydrogen-bond acceptors (Lipinski definition) is 3. The fourth-order valence-electron chi connectivity index (χ4n) is 0.898. The zero-order valence-electron chi connectivity index (χ0n) is 7.07. The highest BCUT2D eigenvalue weighted by Crippen LogP contribution is 2.22. The molecule has 1 aromatic carbocycles. The van der Waals surface area contributed by atoms with Crippen LogP contribution in [0.2, 0.25) is 0 Å². The minimum Gasteiger partial charge on any atom is -0.495 e. The van der Waals surface area contributed by atoms with Gasteiger partial charge in [-0.25, -0.2) is 4.79 Å². The van der Waals surface area contributed by atoms with E-state index in [4.69, 9.17) is 4.74 Å². The molecule has 2 amide bonds. The molecule has 1 aromatic rings. The van der Waals surface area contributed by atoms with Gasteiger partial charge in [0.25, 0.3) is 0 Å². The van der Waals surface area contributed by atoms with Gasteiger partial charge in [-0.2, -0.15) is 0 Å². The van der Waals surface area contributed by atoms with Crippen molar-refractivity contribution < 1.29 is 9.53 Å². The zero-order valence-corrected chi connectivity index (χ0v) is 7.97. The second-order valence-electron chi connectivity index (χ2n) is 2.27. The van der Waals surface area contributed by atoms with Crippen molar-refractivity contribution in [1.82, 2.24) is 4.72 Å². The van der Waals surface area contributed by atoms with Crippen LogP contribution in [0.3, 0.4) is 0 Å². The van der Waals surface area contributed by atoms with Crippen molar-refractivity contribution >= 4 is 24.5 Å².